The minimum absolute atomic E-state index is 0.0930. The van der Waals surface area contributed by atoms with Crippen molar-refractivity contribution in [3.8, 4) is 0 Å². The maximum atomic E-state index is 12.2. The Bertz CT molecular complexity index is 526. The molecule has 0 aliphatic heterocycles. The lowest BCUT2D eigenvalue weighted by Gasteiger charge is -2.26. The predicted octanol–water partition coefficient (Wildman–Crippen LogP) is 3.11. The highest BCUT2D eigenvalue weighted by molar-refractivity contribution is 14.1. The summed E-state index contributed by atoms with van der Waals surface area (Å²) in [6.45, 7) is 5.87. The number of nitrogens with zero attached hydrogens (tertiary/aromatic N) is 1. The molecule has 1 rings (SSSR count). The minimum Gasteiger partial charge on any atom is -0.444 e. The second-order valence-corrected chi connectivity index (χ2v) is 7.20. The molecule has 23 heavy (non-hydrogen) atoms. The van der Waals surface area contributed by atoms with Crippen LogP contribution in [0.3, 0.4) is 0 Å². The average molecular weight is 434 g/mol. The van der Waals surface area contributed by atoms with E-state index in [1.165, 1.54) is 4.90 Å². The fourth-order valence-electron chi connectivity index (χ4n) is 1.67. The zero-order chi connectivity index (χ0) is 17.5. The highest BCUT2D eigenvalue weighted by Crippen LogP contribution is 2.12. The van der Waals surface area contributed by atoms with Gasteiger partial charge < -0.3 is 14.8 Å². The van der Waals surface area contributed by atoms with Crippen molar-refractivity contribution in [2.24, 2.45) is 0 Å². The van der Waals surface area contributed by atoms with Gasteiger partial charge in [-0.25, -0.2) is 4.79 Å². The van der Waals surface area contributed by atoms with Gasteiger partial charge in [0, 0.05) is 22.9 Å². The van der Waals surface area contributed by atoms with Crippen LogP contribution in [-0.4, -0.2) is 49.3 Å². The number of rotatable bonds is 6. The van der Waals surface area contributed by atoms with Crippen LogP contribution >= 0.6 is 22.6 Å². The summed E-state index contributed by atoms with van der Waals surface area (Å²) in [6, 6.07) is 7.42. The molecule has 0 spiro atoms. The van der Waals surface area contributed by atoms with E-state index in [0.717, 1.165) is 3.57 Å². The fraction of sp³-hybridized carbons (Fsp3) is 0.500. The maximum Gasteiger partial charge on any atom is 0.410 e. The zero-order valence-electron chi connectivity index (χ0n) is 13.9. The number of ether oxygens (including phenoxy) is 2. The highest BCUT2D eigenvalue weighted by atomic mass is 127. The molecular formula is C16H23IN2O4. The molecule has 1 N–H and O–H groups in total. The number of carbonyl (C=O) groups excluding carboxylic acids is 2. The normalized spacial score (nSPS) is 11.0. The van der Waals surface area contributed by atoms with Gasteiger partial charge in [-0.3, -0.25) is 9.69 Å². The first-order valence-electron chi connectivity index (χ1n) is 7.23. The number of amides is 2. The van der Waals surface area contributed by atoms with E-state index in [1.54, 1.807) is 27.9 Å². The van der Waals surface area contributed by atoms with Gasteiger partial charge in [0.2, 0.25) is 5.91 Å². The van der Waals surface area contributed by atoms with E-state index < -0.39 is 11.7 Å². The van der Waals surface area contributed by atoms with Gasteiger partial charge in [-0.2, -0.15) is 0 Å². The smallest absolute Gasteiger partial charge is 0.410 e. The van der Waals surface area contributed by atoms with Crippen LogP contribution in [0.5, 0.6) is 0 Å². The number of nitrogens with one attached hydrogen (secondary N) is 1. The molecule has 0 fully saturated rings. The lowest BCUT2D eigenvalue weighted by atomic mass is 10.2. The molecule has 0 atom stereocenters. The Balaban J connectivity index is 2.66. The van der Waals surface area contributed by atoms with Gasteiger partial charge in [0.05, 0.1) is 6.61 Å². The van der Waals surface area contributed by atoms with Crippen LogP contribution in [0.25, 0.3) is 0 Å². The van der Waals surface area contributed by atoms with E-state index in [1.807, 2.05) is 24.3 Å². The third-order valence-corrected chi connectivity index (χ3v) is 3.40. The van der Waals surface area contributed by atoms with Crippen LogP contribution in [0.15, 0.2) is 24.3 Å². The summed E-state index contributed by atoms with van der Waals surface area (Å²) in [7, 11) is 1.54. The van der Waals surface area contributed by atoms with Crippen molar-refractivity contribution < 1.29 is 19.1 Å². The summed E-state index contributed by atoms with van der Waals surface area (Å²) in [5, 5.41) is 2.76. The van der Waals surface area contributed by atoms with Crippen LogP contribution in [-0.2, 0) is 14.3 Å². The number of halogens is 1. The summed E-state index contributed by atoms with van der Waals surface area (Å²) in [4.78, 5) is 25.6. The topological polar surface area (TPSA) is 67.9 Å². The molecule has 0 unspecified atom stereocenters. The third-order valence-electron chi connectivity index (χ3n) is 2.68. The second-order valence-electron chi connectivity index (χ2n) is 5.95. The van der Waals surface area contributed by atoms with Crippen LogP contribution in [0.1, 0.15) is 20.8 Å². The Kier molecular flexibility index (Phi) is 7.77. The summed E-state index contributed by atoms with van der Waals surface area (Å²) >= 11 is 2.19. The molecule has 6 nitrogen and oxygen atoms in total. The van der Waals surface area contributed by atoms with Gasteiger partial charge in [0.15, 0.2) is 0 Å². The Morgan fingerprint density at radius 1 is 1.22 bits per heavy atom. The molecule has 7 heteroatoms. The standard InChI is InChI=1S/C16H23IN2O4/c1-16(2,3)23-15(21)19(9-10-22-4)11-14(20)18-13-7-5-12(17)6-8-13/h5-8H,9-11H2,1-4H3,(H,18,20). The van der Waals surface area contributed by atoms with E-state index in [9.17, 15) is 9.59 Å². The Morgan fingerprint density at radius 2 is 1.83 bits per heavy atom. The molecule has 0 saturated carbocycles. The van der Waals surface area contributed by atoms with Gasteiger partial charge in [-0.15, -0.1) is 0 Å². The minimum atomic E-state index is -0.616. The molecule has 2 amide bonds. The second kappa shape index (κ2) is 9.07. The molecule has 0 aliphatic carbocycles. The lowest BCUT2D eigenvalue weighted by molar-refractivity contribution is -0.117. The zero-order valence-corrected chi connectivity index (χ0v) is 16.0. The van der Waals surface area contributed by atoms with E-state index in [4.69, 9.17) is 9.47 Å². The van der Waals surface area contributed by atoms with Gasteiger partial charge in [0.1, 0.15) is 12.1 Å². The van der Waals surface area contributed by atoms with Crippen LogP contribution in [0.4, 0.5) is 10.5 Å². The van der Waals surface area contributed by atoms with Gasteiger partial charge >= 0.3 is 6.09 Å². The summed E-state index contributed by atoms with van der Waals surface area (Å²) < 4.78 is 11.4. The first-order chi connectivity index (χ1) is 10.7. The predicted molar refractivity (Wildman–Crippen MR) is 97.5 cm³/mol. The van der Waals surface area contributed by atoms with E-state index in [2.05, 4.69) is 27.9 Å². The average Bonchev–Trinajstić information content (AvgIpc) is 2.44. The van der Waals surface area contributed by atoms with E-state index in [-0.39, 0.29) is 19.0 Å². The Hall–Kier alpha value is -1.35. The highest BCUT2D eigenvalue weighted by Gasteiger charge is 2.23. The summed E-state index contributed by atoms with van der Waals surface area (Å²) in [6.07, 6.45) is -0.535. The molecule has 1 aromatic rings. The molecule has 1 aromatic carbocycles. The summed E-state index contributed by atoms with van der Waals surface area (Å²) in [5.41, 5.74) is 0.0703. The lowest BCUT2D eigenvalue weighted by Crippen LogP contribution is -2.42. The van der Waals surface area contributed by atoms with Crippen molar-refractivity contribution in [1.82, 2.24) is 4.90 Å². The largest absolute Gasteiger partial charge is 0.444 e. The van der Waals surface area contributed by atoms with Crippen molar-refractivity contribution in [2.75, 3.05) is 32.1 Å². The van der Waals surface area contributed by atoms with E-state index in [0.29, 0.717) is 12.3 Å². The Labute approximate surface area is 150 Å². The number of hydrogen-bond donors (Lipinski definition) is 1. The number of benzene rings is 1. The molecular weight excluding hydrogens is 411 g/mol. The molecule has 0 radical (unpaired) electrons. The molecule has 0 saturated heterocycles. The number of methoxy groups -OCH3 is 1. The third kappa shape index (κ3) is 8.17. The first-order valence-corrected chi connectivity index (χ1v) is 8.31. The summed E-state index contributed by atoms with van der Waals surface area (Å²) in [5.74, 6) is -0.284. The van der Waals surface area contributed by atoms with Crippen molar-refractivity contribution in [3.63, 3.8) is 0 Å². The van der Waals surface area contributed by atoms with Gasteiger partial charge in [-0.1, -0.05) is 0 Å². The molecule has 0 bridgehead atoms. The molecule has 0 heterocycles. The van der Waals surface area contributed by atoms with Crippen LogP contribution < -0.4 is 5.32 Å². The number of carbonyl (C=O) groups is 2. The van der Waals surface area contributed by atoms with Crippen LogP contribution in [0, 0.1) is 3.57 Å². The maximum absolute atomic E-state index is 12.2. The van der Waals surface area contributed by atoms with Crippen molar-refractivity contribution in [1.29, 1.82) is 0 Å². The number of hydrogen-bond acceptors (Lipinski definition) is 4. The molecule has 128 valence electrons. The van der Waals surface area contributed by atoms with Crippen molar-refractivity contribution in [2.45, 2.75) is 26.4 Å². The van der Waals surface area contributed by atoms with Crippen molar-refractivity contribution >= 4 is 40.3 Å². The van der Waals surface area contributed by atoms with E-state index >= 15 is 0 Å². The van der Waals surface area contributed by atoms with Crippen molar-refractivity contribution in [3.05, 3.63) is 27.8 Å². The fourth-order valence-corrected chi connectivity index (χ4v) is 2.03. The monoisotopic (exact) mass is 434 g/mol. The first kappa shape index (κ1) is 19.7. The number of anilines is 1. The van der Waals surface area contributed by atoms with Gasteiger partial charge in [-0.05, 0) is 67.6 Å². The van der Waals surface area contributed by atoms with Crippen LogP contribution in [0.2, 0.25) is 0 Å². The quantitative estimate of drug-likeness (QED) is 0.699. The molecule has 0 aromatic heterocycles. The Morgan fingerprint density at radius 3 is 2.35 bits per heavy atom. The molecule has 0 aliphatic rings. The SMILES string of the molecule is COCCN(CC(=O)Nc1ccc(I)cc1)C(=O)OC(C)(C)C. The van der Waals surface area contributed by atoms with Gasteiger partial charge in [0.25, 0.3) is 0 Å².